The zero-order chi connectivity index (χ0) is 26.1. The lowest BCUT2D eigenvalue weighted by Gasteiger charge is -2.15. The van der Waals surface area contributed by atoms with Gasteiger partial charge in [-0.15, -0.1) is 12.4 Å². The van der Waals surface area contributed by atoms with E-state index in [0.717, 1.165) is 41.5 Å². The van der Waals surface area contributed by atoms with Crippen molar-refractivity contribution in [3.8, 4) is 16.9 Å². The van der Waals surface area contributed by atoms with Gasteiger partial charge in [0, 0.05) is 6.54 Å². The Bertz CT molecular complexity index is 1250. The number of ether oxygens (including phenoxy) is 1. The van der Waals surface area contributed by atoms with Gasteiger partial charge in [0.05, 0.1) is 24.5 Å². The molecule has 0 aliphatic carbocycles. The molecule has 0 aliphatic heterocycles. The number of halogens is 1. The van der Waals surface area contributed by atoms with E-state index >= 15 is 0 Å². The minimum absolute atomic E-state index is 0. The van der Waals surface area contributed by atoms with E-state index < -0.39 is 22.0 Å². The van der Waals surface area contributed by atoms with Gasteiger partial charge >= 0.3 is 0 Å². The van der Waals surface area contributed by atoms with Crippen molar-refractivity contribution in [2.45, 2.75) is 26.4 Å². The summed E-state index contributed by atoms with van der Waals surface area (Å²) >= 11 is 0. The standard InChI is InChI=1S/C28H34N2O5S.ClH/c1-20(2)19-35-27-17-24(13-14-25(27)28(32)30-36(3,33)34)22-11-9-21(10-12-22)15-16-29-18-26(31)23-7-5-4-6-8-23;/h4-14,17,20,26,29,31H,15-16,18-19H2,1-3H3,(H,30,32);1H/t26-;/m0./s1. The molecule has 0 radical (unpaired) electrons. The van der Waals surface area contributed by atoms with Gasteiger partial charge in [0.25, 0.3) is 5.91 Å². The number of hydrogen-bond acceptors (Lipinski definition) is 6. The van der Waals surface area contributed by atoms with Crippen LogP contribution in [0.2, 0.25) is 0 Å². The van der Waals surface area contributed by atoms with Crippen LogP contribution in [-0.2, 0) is 16.4 Å². The van der Waals surface area contributed by atoms with Crippen molar-refractivity contribution in [1.82, 2.24) is 10.0 Å². The first-order valence-corrected chi connectivity index (χ1v) is 13.8. The van der Waals surface area contributed by atoms with Crippen LogP contribution in [0, 0.1) is 5.92 Å². The normalized spacial score (nSPS) is 12.0. The second kappa shape index (κ2) is 14.1. The van der Waals surface area contributed by atoms with Gasteiger partial charge in [-0.25, -0.2) is 13.1 Å². The Morgan fingerprint density at radius 3 is 2.24 bits per heavy atom. The van der Waals surface area contributed by atoms with Crippen molar-refractivity contribution < 1.29 is 23.1 Å². The molecular formula is C28H35ClN2O5S. The summed E-state index contributed by atoms with van der Waals surface area (Å²) in [6, 6.07) is 22.8. The third kappa shape index (κ3) is 9.81. The number of amides is 1. The van der Waals surface area contributed by atoms with E-state index in [4.69, 9.17) is 4.74 Å². The maximum Gasteiger partial charge on any atom is 0.268 e. The molecule has 1 atom stereocenters. The van der Waals surface area contributed by atoms with Gasteiger partial charge in [0.15, 0.2) is 0 Å². The third-order valence-electron chi connectivity index (χ3n) is 5.48. The summed E-state index contributed by atoms with van der Waals surface area (Å²) in [5.74, 6) is -0.142. The minimum Gasteiger partial charge on any atom is -0.492 e. The largest absolute Gasteiger partial charge is 0.492 e. The van der Waals surface area contributed by atoms with Crippen molar-refractivity contribution in [1.29, 1.82) is 0 Å². The van der Waals surface area contributed by atoms with Crippen LogP contribution >= 0.6 is 12.4 Å². The van der Waals surface area contributed by atoms with E-state index in [1.54, 1.807) is 18.2 Å². The topological polar surface area (TPSA) is 105 Å². The number of carbonyl (C=O) groups is 1. The number of aliphatic hydroxyl groups is 1. The Labute approximate surface area is 225 Å². The lowest BCUT2D eigenvalue weighted by atomic mass is 10.0. The van der Waals surface area contributed by atoms with Crippen LogP contribution in [0.1, 0.15) is 41.4 Å². The SMILES string of the molecule is CC(C)COc1cc(-c2ccc(CCNC[C@H](O)c3ccccc3)cc2)ccc1C(=O)NS(C)(=O)=O.Cl. The fourth-order valence-electron chi connectivity index (χ4n) is 3.62. The van der Waals surface area contributed by atoms with Crippen molar-refractivity contribution in [3.63, 3.8) is 0 Å². The number of hydrogen-bond donors (Lipinski definition) is 3. The molecule has 0 spiro atoms. The zero-order valence-electron chi connectivity index (χ0n) is 21.3. The van der Waals surface area contributed by atoms with Crippen LogP contribution in [0.3, 0.4) is 0 Å². The first-order chi connectivity index (χ1) is 17.1. The number of carbonyl (C=O) groups excluding carboxylic acids is 1. The summed E-state index contributed by atoms with van der Waals surface area (Å²) in [6.45, 7) is 5.61. The van der Waals surface area contributed by atoms with Crippen LogP contribution in [-0.4, -0.2) is 45.4 Å². The Kier molecular flexibility index (Phi) is 11.6. The predicted octanol–water partition coefficient (Wildman–Crippen LogP) is 4.37. The van der Waals surface area contributed by atoms with Gasteiger partial charge in [0.2, 0.25) is 10.0 Å². The van der Waals surface area contributed by atoms with E-state index in [2.05, 4.69) is 5.32 Å². The van der Waals surface area contributed by atoms with E-state index in [-0.39, 0.29) is 23.9 Å². The summed E-state index contributed by atoms with van der Waals surface area (Å²) in [5.41, 5.74) is 4.04. The molecule has 0 aromatic heterocycles. The molecule has 3 aromatic carbocycles. The Hall–Kier alpha value is -2.91. The van der Waals surface area contributed by atoms with Crippen LogP contribution in [0.15, 0.2) is 72.8 Å². The Morgan fingerprint density at radius 2 is 1.62 bits per heavy atom. The highest BCUT2D eigenvalue weighted by molar-refractivity contribution is 7.89. The highest BCUT2D eigenvalue weighted by atomic mass is 35.5. The molecule has 7 nitrogen and oxygen atoms in total. The molecule has 9 heteroatoms. The smallest absolute Gasteiger partial charge is 0.268 e. The number of rotatable bonds is 12. The summed E-state index contributed by atoms with van der Waals surface area (Å²) < 4.78 is 30.9. The number of aliphatic hydroxyl groups excluding tert-OH is 1. The lowest BCUT2D eigenvalue weighted by molar-refractivity contribution is 0.0977. The average Bonchev–Trinajstić information content (AvgIpc) is 2.85. The van der Waals surface area contributed by atoms with Crippen LogP contribution in [0.4, 0.5) is 0 Å². The molecule has 0 aliphatic rings. The molecule has 3 rings (SSSR count). The molecule has 0 fully saturated rings. The maximum absolute atomic E-state index is 12.5. The molecule has 3 N–H and O–H groups in total. The van der Waals surface area contributed by atoms with Crippen molar-refractivity contribution in [3.05, 3.63) is 89.5 Å². The van der Waals surface area contributed by atoms with Crippen molar-refractivity contribution >= 4 is 28.3 Å². The summed E-state index contributed by atoms with van der Waals surface area (Å²) in [5, 5.41) is 13.5. The van der Waals surface area contributed by atoms with Crippen molar-refractivity contribution in [2.75, 3.05) is 26.0 Å². The van der Waals surface area contributed by atoms with E-state index in [1.165, 1.54) is 0 Å². The maximum atomic E-state index is 12.5. The molecule has 200 valence electrons. The van der Waals surface area contributed by atoms with Crippen molar-refractivity contribution in [2.24, 2.45) is 5.92 Å². The van der Waals surface area contributed by atoms with E-state index in [9.17, 15) is 18.3 Å². The van der Waals surface area contributed by atoms with Gasteiger partial charge in [-0.1, -0.05) is 74.5 Å². The monoisotopic (exact) mass is 546 g/mol. The summed E-state index contributed by atoms with van der Waals surface area (Å²) in [6.07, 6.45) is 1.22. The van der Waals surface area contributed by atoms with Gasteiger partial charge in [-0.2, -0.15) is 0 Å². The van der Waals surface area contributed by atoms with Gasteiger partial charge in [0.1, 0.15) is 5.75 Å². The first-order valence-electron chi connectivity index (χ1n) is 11.9. The van der Waals surface area contributed by atoms with Gasteiger partial charge in [-0.05, 0) is 53.3 Å². The predicted molar refractivity (Wildman–Crippen MR) is 150 cm³/mol. The number of nitrogens with one attached hydrogen (secondary N) is 2. The Balaban J connectivity index is 0.00000481. The molecule has 0 saturated heterocycles. The molecule has 0 bridgehead atoms. The molecule has 0 saturated carbocycles. The first kappa shape index (κ1) is 30.3. The van der Waals surface area contributed by atoms with E-state index in [1.807, 2.05) is 73.2 Å². The zero-order valence-corrected chi connectivity index (χ0v) is 22.9. The van der Waals surface area contributed by atoms with Crippen LogP contribution < -0.4 is 14.8 Å². The Morgan fingerprint density at radius 1 is 0.973 bits per heavy atom. The highest BCUT2D eigenvalue weighted by Gasteiger charge is 2.18. The van der Waals surface area contributed by atoms with Crippen LogP contribution in [0.5, 0.6) is 5.75 Å². The molecule has 37 heavy (non-hydrogen) atoms. The summed E-state index contributed by atoms with van der Waals surface area (Å²) in [4.78, 5) is 12.5. The summed E-state index contributed by atoms with van der Waals surface area (Å²) in [7, 11) is -3.69. The van der Waals surface area contributed by atoms with Gasteiger partial charge < -0.3 is 15.2 Å². The molecule has 0 heterocycles. The fraction of sp³-hybridized carbons (Fsp3) is 0.321. The second-order valence-corrected chi connectivity index (χ2v) is 10.9. The minimum atomic E-state index is -3.69. The van der Waals surface area contributed by atoms with E-state index in [0.29, 0.717) is 18.9 Å². The highest BCUT2D eigenvalue weighted by Crippen LogP contribution is 2.28. The van der Waals surface area contributed by atoms with Gasteiger partial charge in [-0.3, -0.25) is 4.79 Å². The third-order valence-corrected chi connectivity index (χ3v) is 6.03. The quantitative estimate of drug-likeness (QED) is 0.291. The number of sulfonamides is 1. The second-order valence-electron chi connectivity index (χ2n) is 9.20. The number of benzene rings is 3. The molecule has 1 amide bonds. The fourth-order valence-corrected chi connectivity index (χ4v) is 4.06. The lowest BCUT2D eigenvalue weighted by Crippen LogP contribution is -2.29. The molecular weight excluding hydrogens is 512 g/mol. The average molecular weight is 547 g/mol. The molecule has 0 unspecified atom stereocenters. The molecule has 3 aromatic rings. The van der Waals surface area contributed by atoms with Crippen LogP contribution in [0.25, 0.3) is 11.1 Å².